The second kappa shape index (κ2) is 8.59. The van der Waals surface area contributed by atoms with Gasteiger partial charge < -0.3 is 20.5 Å². The minimum absolute atomic E-state index is 0.0879. The summed E-state index contributed by atoms with van der Waals surface area (Å²) in [7, 11) is 1.30. The minimum atomic E-state index is -0.495. The Balaban J connectivity index is 2.27. The first-order chi connectivity index (χ1) is 11.9. The largest absolute Gasteiger partial charge is 0.489 e. The molecule has 25 heavy (non-hydrogen) atoms. The summed E-state index contributed by atoms with van der Waals surface area (Å²) in [5.74, 6) is -0.408. The maximum atomic E-state index is 12.5. The van der Waals surface area contributed by atoms with Crippen molar-refractivity contribution >= 4 is 28.9 Å². The van der Waals surface area contributed by atoms with Crippen molar-refractivity contribution in [2.45, 2.75) is 26.4 Å². The number of rotatable bonds is 7. The lowest BCUT2D eigenvalue weighted by molar-refractivity contribution is 0.0600. The van der Waals surface area contributed by atoms with Gasteiger partial charge in [0, 0.05) is 11.8 Å². The maximum absolute atomic E-state index is 12.5. The number of hydrogen-bond acceptors (Lipinski definition) is 7. The summed E-state index contributed by atoms with van der Waals surface area (Å²) in [5, 5.41) is 5.22. The molecule has 134 valence electrons. The van der Waals surface area contributed by atoms with Crippen LogP contribution in [0.2, 0.25) is 0 Å². The van der Waals surface area contributed by atoms with E-state index in [1.54, 1.807) is 17.5 Å². The number of ether oxygens (including phenoxy) is 2. The quantitative estimate of drug-likeness (QED) is 0.733. The zero-order valence-electron chi connectivity index (χ0n) is 14.4. The Morgan fingerprint density at radius 1 is 1.36 bits per heavy atom. The highest BCUT2D eigenvalue weighted by Gasteiger charge is 2.16. The third-order valence-electron chi connectivity index (χ3n) is 3.15. The Kier molecular flexibility index (Phi) is 6.49. The number of esters is 1. The molecular formula is C17H21N3O4S. The second-order valence-corrected chi connectivity index (χ2v) is 6.43. The third-order valence-corrected chi connectivity index (χ3v) is 4.06. The highest BCUT2D eigenvalue weighted by atomic mass is 32.1. The fraction of sp³-hybridized carbons (Fsp3) is 0.353. The fourth-order valence-electron chi connectivity index (χ4n) is 2.07. The van der Waals surface area contributed by atoms with Crippen LogP contribution in [0.25, 0.3) is 0 Å². The average molecular weight is 363 g/mol. The van der Waals surface area contributed by atoms with Gasteiger partial charge in [0.15, 0.2) is 0 Å². The van der Waals surface area contributed by atoms with Crippen molar-refractivity contribution in [3.05, 3.63) is 39.8 Å². The Bertz CT molecular complexity index is 758. The Morgan fingerprint density at radius 2 is 2.12 bits per heavy atom. The molecule has 1 amide bonds. The molecule has 2 rings (SSSR count). The molecule has 0 saturated heterocycles. The molecular weight excluding hydrogens is 342 g/mol. The highest BCUT2D eigenvalue weighted by molar-refractivity contribution is 7.09. The van der Waals surface area contributed by atoms with Crippen LogP contribution in [0.5, 0.6) is 5.75 Å². The van der Waals surface area contributed by atoms with Gasteiger partial charge in [-0.2, -0.15) is 0 Å². The van der Waals surface area contributed by atoms with Crippen LogP contribution < -0.4 is 15.8 Å². The number of amides is 1. The van der Waals surface area contributed by atoms with Crippen molar-refractivity contribution in [1.82, 2.24) is 4.98 Å². The number of anilines is 1. The molecule has 0 unspecified atom stereocenters. The predicted octanol–water partition coefficient (Wildman–Crippen LogP) is 2.47. The minimum Gasteiger partial charge on any atom is -0.489 e. The Morgan fingerprint density at radius 3 is 2.76 bits per heavy atom. The first-order valence-corrected chi connectivity index (χ1v) is 8.67. The molecule has 0 fully saturated rings. The zero-order valence-corrected chi connectivity index (χ0v) is 15.2. The molecule has 0 saturated carbocycles. The van der Waals surface area contributed by atoms with Gasteiger partial charge >= 0.3 is 5.97 Å². The molecule has 0 bridgehead atoms. The molecule has 1 aromatic carbocycles. The van der Waals surface area contributed by atoms with E-state index in [1.165, 1.54) is 24.5 Å². The lowest BCUT2D eigenvalue weighted by Gasteiger charge is -2.15. The SMILES string of the molecule is COC(=O)c1ccc(OC(C)C)c(NC(=O)c2csc(CCN)n2)c1. The van der Waals surface area contributed by atoms with Crippen LogP contribution in [-0.2, 0) is 11.2 Å². The third kappa shape index (κ3) is 5.01. The van der Waals surface area contributed by atoms with Gasteiger partial charge in [-0.1, -0.05) is 0 Å². The Labute approximate surface area is 150 Å². The molecule has 8 heteroatoms. The van der Waals surface area contributed by atoms with Crippen LogP contribution in [0.3, 0.4) is 0 Å². The normalized spacial score (nSPS) is 10.6. The van der Waals surface area contributed by atoms with Crippen LogP contribution in [0.1, 0.15) is 39.7 Å². The van der Waals surface area contributed by atoms with Gasteiger partial charge in [-0.3, -0.25) is 4.79 Å². The monoisotopic (exact) mass is 363 g/mol. The topological polar surface area (TPSA) is 104 Å². The van der Waals surface area contributed by atoms with Crippen molar-refractivity contribution in [3.8, 4) is 5.75 Å². The van der Waals surface area contributed by atoms with E-state index in [0.29, 0.717) is 35.7 Å². The standard InChI is InChI=1S/C17H21N3O4S/c1-10(2)24-14-5-4-11(17(22)23-3)8-12(14)20-16(21)13-9-25-15(19-13)6-7-18/h4-5,8-10H,6-7,18H2,1-3H3,(H,20,21). The molecule has 0 atom stereocenters. The van der Waals surface area contributed by atoms with E-state index in [2.05, 4.69) is 10.3 Å². The number of methoxy groups -OCH3 is 1. The number of nitrogens with two attached hydrogens (primary N) is 1. The van der Waals surface area contributed by atoms with Gasteiger partial charge in [0.1, 0.15) is 11.4 Å². The number of thiazole rings is 1. The van der Waals surface area contributed by atoms with Crippen LogP contribution >= 0.6 is 11.3 Å². The summed E-state index contributed by atoms with van der Waals surface area (Å²) in [6.45, 7) is 4.22. The molecule has 7 nitrogen and oxygen atoms in total. The molecule has 0 radical (unpaired) electrons. The van der Waals surface area contributed by atoms with E-state index in [4.69, 9.17) is 15.2 Å². The molecule has 0 spiro atoms. The number of benzene rings is 1. The van der Waals surface area contributed by atoms with Crippen LogP contribution in [0.15, 0.2) is 23.6 Å². The van der Waals surface area contributed by atoms with Gasteiger partial charge in [-0.05, 0) is 38.6 Å². The molecule has 0 aliphatic heterocycles. The number of hydrogen-bond donors (Lipinski definition) is 2. The van der Waals surface area contributed by atoms with E-state index in [1.807, 2.05) is 13.8 Å². The van der Waals surface area contributed by atoms with Crippen molar-refractivity contribution in [3.63, 3.8) is 0 Å². The van der Waals surface area contributed by atoms with E-state index in [9.17, 15) is 9.59 Å². The smallest absolute Gasteiger partial charge is 0.337 e. The first-order valence-electron chi connectivity index (χ1n) is 7.79. The summed E-state index contributed by atoms with van der Waals surface area (Å²) < 4.78 is 10.4. The average Bonchev–Trinajstić information content (AvgIpc) is 3.04. The number of carbonyl (C=O) groups is 2. The van der Waals surface area contributed by atoms with E-state index in [0.717, 1.165) is 5.01 Å². The second-order valence-electron chi connectivity index (χ2n) is 5.49. The van der Waals surface area contributed by atoms with E-state index < -0.39 is 5.97 Å². The maximum Gasteiger partial charge on any atom is 0.337 e. The molecule has 0 aliphatic rings. The number of carbonyl (C=O) groups excluding carboxylic acids is 2. The van der Waals surface area contributed by atoms with Crippen molar-refractivity contribution < 1.29 is 19.1 Å². The van der Waals surface area contributed by atoms with Gasteiger partial charge in [-0.15, -0.1) is 11.3 Å². The fourth-order valence-corrected chi connectivity index (χ4v) is 2.86. The molecule has 1 aromatic heterocycles. The van der Waals surface area contributed by atoms with Crippen LogP contribution in [0.4, 0.5) is 5.69 Å². The summed E-state index contributed by atoms with van der Waals surface area (Å²) in [5.41, 5.74) is 6.50. The Hall–Kier alpha value is -2.45. The van der Waals surface area contributed by atoms with Crippen molar-refractivity contribution in [2.75, 3.05) is 19.0 Å². The number of nitrogens with zero attached hydrogens (tertiary/aromatic N) is 1. The van der Waals surface area contributed by atoms with Gasteiger partial charge in [0.05, 0.1) is 29.5 Å². The summed E-state index contributed by atoms with van der Waals surface area (Å²) >= 11 is 1.38. The number of nitrogens with one attached hydrogen (secondary N) is 1. The lowest BCUT2D eigenvalue weighted by Crippen LogP contribution is -2.16. The highest BCUT2D eigenvalue weighted by Crippen LogP contribution is 2.28. The molecule has 1 heterocycles. The summed E-state index contributed by atoms with van der Waals surface area (Å²) in [6, 6.07) is 4.73. The summed E-state index contributed by atoms with van der Waals surface area (Å²) in [4.78, 5) is 28.4. The van der Waals surface area contributed by atoms with E-state index >= 15 is 0 Å². The molecule has 2 aromatic rings. The van der Waals surface area contributed by atoms with Gasteiger partial charge in [0.2, 0.25) is 0 Å². The van der Waals surface area contributed by atoms with Crippen molar-refractivity contribution in [1.29, 1.82) is 0 Å². The van der Waals surface area contributed by atoms with Crippen LogP contribution in [0, 0.1) is 0 Å². The van der Waals surface area contributed by atoms with Gasteiger partial charge in [0.25, 0.3) is 5.91 Å². The van der Waals surface area contributed by atoms with Gasteiger partial charge in [-0.25, -0.2) is 9.78 Å². The molecule has 0 aliphatic carbocycles. The molecule has 3 N–H and O–H groups in total. The zero-order chi connectivity index (χ0) is 18.4. The number of aromatic nitrogens is 1. The lowest BCUT2D eigenvalue weighted by atomic mass is 10.1. The van der Waals surface area contributed by atoms with Crippen LogP contribution in [-0.4, -0.2) is 36.6 Å². The van der Waals surface area contributed by atoms with E-state index in [-0.39, 0.29) is 12.0 Å². The summed E-state index contributed by atoms with van der Waals surface area (Å²) in [6.07, 6.45) is 0.535. The first kappa shape index (κ1) is 18.9. The van der Waals surface area contributed by atoms with Crippen molar-refractivity contribution in [2.24, 2.45) is 5.73 Å². The predicted molar refractivity (Wildman–Crippen MR) is 96.4 cm³/mol.